The molecule has 2 aromatic rings. The fourth-order valence-corrected chi connectivity index (χ4v) is 1.93. The summed E-state index contributed by atoms with van der Waals surface area (Å²) in [4.78, 5) is 4.56. The van der Waals surface area contributed by atoms with Crippen LogP contribution >= 0.6 is 0 Å². The van der Waals surface area contributed by atoms with Gasteiger partial charge < -0.3 is 10.5 Å². The van der Waals surface area contributed by atoms with Gasteiger partial charge in [0, 0.05) is 19.2 Å². The zero-order chi connectivity index (χ0) is 12.6. The number of nitrogens with zero attached hydrogens (tertiary/aromatic N) is 2. The smallest absolute Gasteiger partial charge is 0.138 e. The Labute approximate surface area is 101 Å². The minimum atomic E-state index is -0.250. The number of aromatic nitrogens is 2. The second kappa shape index (κ2) is 4.04. The number of pyridine rings is 1. The molecule has 2 heterocycles. The van der Waals surface area contributed by atoms with E-state index in [1.807, 2.05) is 43.4 Å². The lowest BCUT2D eigenvalue weighted by atomic mass is 10.0. The molecule has 0 amide bonds. The van der Waals surface area contributed by atoms with E-state index in [-0.39, 0.29) is 5.60 Å². The van der Waals surface area contributed by atoms with Gasteiger partial charge in [-0.3, -0.25) is 4.40 Å². The van der Waals surface area contributed by atoms with Crippen molar-refractivity contribution >= 4 is 11.5 Å². The lowest BCUT2D eigenvalue weighted by Gasteiger charge is -2.21. The topological polar surface area (TPSA) is 52.5 Å². The molecule has 2 N–H and O–H groups in total. The maximum absolute atomic E-state index is 6.15. The van der Waals surface area contributed by atoms with Crippen molar-refractivity contribution in [1.82, 2.24) is 9.38 Å². The van der Waals surface area contributed by atoms with Gasteiger partial charge in [0.2, 0.25) is 0 Å². The Kier molecular flexibility index (Phi) is 2.83. The average Bonchev–Trinajstić information content (AvgIpc) is 2.57. The van der Waals surface area contributed by atoms with Crippen LogP contribution in [-0.2, 0) is 11.2 Å². The van der Waals surface area contributed by atoms with Gasteiger partial charge >= 0.3 is 0 Å². The number of ether oxygens (including phenoxy) is 1. The van der Waals surface area contributed by atoms with Crippen molar-refractivity contribution in [3.63, 3.8) is 0 Å². The van der Waals surface area contributed by atoms with Crippen molar-refractivity contribution < 1.29 is 4.74 Å². The number of hydrogen-bond donors (Lipinski definition) is 1. The minimum Gasteiger partial charge on any atom is -0.383 e. The van der Waals surface area contributed by atoms with Crippen molar-refractivity contribution in [3.8, 4) is 0 Å². The number of rotatable bonds is 3. The van der Waals surface area contributed by atoms with Crippen LogP contribution in [0.2, 0.25) is 0 Å². The highest BCUT2D eigenvalue weighted by Gasteiger charge is 2.21. The number of nitrogens with two attached hydrogens (primary N) is 1. The Hall–Kier alpha value is -1.55. The zero-order valence-corrected chi connectivity index (χ0v) is 10.8. The molecule has 0 aliphatic carbocycles. The third-order valence-corrected chi connectivity index (χ3v) is 3.10. The lowest BCUT2D eigenvalue weighted by molar-refractivity contribution is 0.0226. The Morgan fingerprint density at radius 3 is 2.71 bits per heavy atom. The third kappa shape index (κ3) is 2.13. The number of anilines is 1. The summed E-state index contributed by atoms with van der Waals surface area (Å²) in [6.45, 7) is 6.09. The number of imidazole rings is 1. The molecule has 4 heteroatoms. The molecule has 0 saturated carbocycles. The van der Waals surface area contributed by atoms with Crippen LogP contribution in [0, 0.1) is 6.92 Å². The van der Waals surface area contributed by atoms with Gasteiger partial charge in [-0.25, -0.2) is 4.98 Å². The van der Waals surface area contributed by atoms with Crippen LogP contribution in [0.15, 0.2) is 18.2 Å². The van der Waals surface area contributed by atoms with E-state index in [0.717, 1.165) is 17.0 Å². The van der Waals surface area contributed by atoms with E-state index in [2.05, 4.69) is 4.98 Å². The summed E-state index contributed by atoms with van der Waals surface area (Å²) in [7, 11) is 1.71. The highest BCUT2D eigenvalue weighted by molar-refractivity contribution is 5.54. The summed E-state index contributed by atoms with van der Waals surface area (Å²) in [6.07, 6.45) is 0.705. The molecule has 17 heavy (non-hydrogen) atoms. The molecular weight excluding hydrogens is 214 g/mol. The van der Waals surface area contributed by atoms with Crippen LogP contribution in [0.3, 0.4) is 0 Å². The quantitative estimate of drug-likeness (QED) is 0.884. The van der Waals surface area contributed by atoms with Gasteiger partial charge in [-0.05, 0) is 32.9 Å². The first-order valence-electron chi connectivity index (χ1n) is 5.72. The fourth-order valence-electron chi connectivity index (χ4n) is 1.93. The molecule has 0 bridgehead atoms. The van der Waals surface area contributed by atoms with Crippen molar-refractivity contribution in [2.45, 2.75) is 32.8 Å². The molecule has 2 aromatic heterocycles. The second-order valence-corrected chi connectivity index (χ2v) is 4.95. The van der Waals surface area contributed by atoms with Gasteiger partial charge in [0.25, 0.3) is 0 Å². The monoisotopic (exact) mass is 233 g/mol. The number of fused-ring (bicyclic) bond motifs is 1. The summed E-state index contributed by atoms with van der Waals surface area (Å²) < 4.78 is 7.39. The van der Waals surface area contributed by atoms with Crippen LogP contribution in [0.25, 0.3) is 5.65 Å². The number of nitrogen functional groups attached to an aromatic ring is 1. The molecule has 0 radical (unpaired) electrons. The molecule has 4 nitrogen and oxygen atoms in total. The van der Waals surface area contributed by atoms with Crippen molar-refractivity contribution in [2.75, 3.05) is 12.8 Å². The molecule has 0 aliphatic heterocycles. The van der Waals surface area contributed by atoms with Crippen LogP contribution < -0.4 is 5.73 Å². The zero-order valence-electron chi connectivity index (χ0n) is 10.8. The summed E-state index contributed by atoms with van der Waals surface area (Å²) in [5.74, 6) is 0.711. The first-order valence-corrected chi connectivity index (χ1v) is 5.72. The van der Waals surface area contributed by atoms with E-state index < -0.39 is 0 Å². The minimum absolute atomic E-state index is 0.250. The average molecular weight is 233 g/mol. The molecule has 0 fully saturated rings. The first kappa shape index (κ1) is 11.9. The molecule has 0 atom stereocenters. The summed E-state index contributed by atoms with van der Waals surface area (Å²) in [5.41, 5.74) is 8.78. The highest BCUT2D eigenvalue weighted by atomic mass is 16.5. The molecule has 0 saturated heterocycles. The maximum atomic E-state index is 6.15. The van der Waals surface area contributed by atoms with E-state index in [9.17, 15) is 0 Å². The lowest BCUT2D eigenvalue weighted by Crippen LogP contribution is -2.26. The first-order chi connectivity index (χ1) is 7.94. The largest absolute Gasteiger partial charge is 0.383 e. The van der Waals surface area contributed by atoms with Gasteiger partial charge in [0.15, 0.2) is 0 Å². The van der Waals surface area contributed by atoms with Crippen molar-refractivity contribution in [2.24, 2.45) is 0 Å². The predicted octanol–water partition coefficient (Wildman–Crippen LogP) is 2.19. The van der Waals surface area contributed by atoms with E-state index in [0.29, 0.717) is 12.2 Å². The van der Waals surface area contributed by atoms with Crippen molar-refractivity contribution in [1.29, 1.82) is 0 Å². The Morgan fingerprint density at radius 1 is 1.41 bits per heavy atom. The van der Waals surface area contributed by atoms with Crippen LogP contribution in [0.5, 0.6) is 0 Å². The van der Waals surface area contributed by atoms with Gasteiger partial charge in [0.05, 0.1) is 11.3 Å². The molecule has 92 valence electrons. The Balaban J connectivity index is 2.50. The van der Waals surface area contributed by atoms with E-state index >= 15 is 0 Å². The SMILES string of the molecule is COC(C)(C)Cc1nc2cccc(C)n2c1N. The molecular formula is C13H19N3O. The highest BCUT2D eigenvalue weighted by Crippen LogP contribution is 2.22. The normalized spacial score (nSPS) is 12.2. The van der Waals surface area contributed by atoms with Gasteiger partial charge in [-0.1, -0.05) is 6.07 Å². The summed E-state index contributed by atoms with van der Waals surface area (Å²) in [5, 5.41) is 0. The number of aryl methyl sites for hydroxylation is 1. The van der Waals surface area contributed by atoms with Gasteiger partial charge in [-0.2, -0.15) is 0 Å². The third-order valence-electron chi connectivity index (χ3n) is 3.10. The Bertz CT molecular complexity index is 543. The molecule has 0 aliphatic rings. The molecule has 0 aromatic carbocycles. The second-order valence-electron chi connectivity index (χ2n) is 4.95. The number of hydrogen-bond acceptors (Lipinski definition) is 3. The van der Waals surface area contributed by atoms with Gasteiger partial charge in [0.1, 0.15) is 11.5 Å². The van der Waals surface area contributed by atoms with Gasteiger partial charge in [-0.15, -0.1) is 0 Å². The maximum Gasteiger partial charge on any atom is 0.138 e. The molecule has 0 unspecified atom stereocenters. The van der Waals surface area contributed by atoms with E-state index in [4.69, 9.17) is 10.5 Å². The summed E-state index contributed by atoms with van der Waals surface area (Å²) in [6, 6.07) is 5.98. The fraction of sp³-hybridized carbons (Fsp3) is 0.462. The van der Waals surface area contributed by atoms with E-state index in [1.54, 1.807) is 7.11 Å². The number of methoxy groups -OCH3 is 1. The predicted molar refractivity (Wildman–Crippen MR) is 69.1 cm³/mol. The Morgan fingerprint density at radius 2 is 2.12 bits per heavy atom. The standard InChI is InChI=1S/C13H19N3O/c1-9-6-5-7-11-15-10(12(14)16(9)11)8-13(2,3)17-4/h5-7H,8,14H2,1-4H3. The van der Waals surface area contributed by atoms with Crippen LogP contribution in [-0.4, -0.2) is 22.1 Å². The molecule has 0 spiro atoms. The van der Waals surface area contributed by atoms with Crippen LogP contribution in [0.1, 0.15) is 25.2 Å². The molecule has 2 rings (SSSR count). The van der Waals surface area contributed by atoms with E-state index in [1.165, 1.54) is 0 Å². The summed E-state index contributed by atoms with van der Waals surface area (Å²) >= 11 is 0. The van der Waals surface area contributed by atoms with Crippen LogP contribution in [0.4, 0.5) is 5.82 Å². The van der Waals surface area contributed by atoms with Crippen molar-refractivity contribution in [3.05, 3.63) is 29.6 Å².